The van der Waals surface area contributed by atoms with Gasteiger partial charge in [0.15, 0.2) is 5.82 Å². The number of hydrogen-bond donors (Lipinski definition) is 0. The van der Waals surface area contributed by atoms with E-state index in [1.807, 2.05) is 35.3 Å². The maximum Gasteiger partial charge on any atom is 0.310 e. The Balaban J connectivity index is 1.27. The summed E-state index contributed by atoms with van der Waals surface area (Å²) < 4.78 is 15.7. The van der Waals surface area contributed by atoms with Crippen LogP contribution in [0.5, 0.6) is 0 Å². The minimum atomic E-state index is -1.16. The monoisotopic (exact) mass is 537 g/mol. The van der Waals surface area contributed by atoms with Crippen LogP contribution in [0, 0.1) is 0 Å². The van der Waals surface area contributed by atoms with Crippen LogP contribution in [0.1, 0.15) is 24.1 Å². The maximum absolute atomic E-state index is 12.6. The Morgan fingerprint density at radius 3 is 2.68 bits per heavy atom. The Morgan fingerprint density at radius 1 is 1.16 bits per heavy atom. The number of pyridine rings is 1. The fraction of sp³-hybridized carbons (Fsp3) is 0.444. The summed E-state index contributed by atoms with van der Waals surface area (Å²) in [6.07, 6.45) is 4.15. The van der Waals surface area contributed by atoms with Crippen LogP contribution in [0.2, 0.25) is 25.7 Å². The van der Waals surface area contributed by atoms with Crippen LogP contribution in [-0.4, -0.2) is 60.3 Å². The largest absolute Gasteiger partial charge is 0.378 e. The summed E-state index contributed by atoms with van der Waals surface area (Å²) in [7, 11) is 0.595. The Hall–Kier alpha value is -2.79. The van der Waals surface area contributed by atoms with Gasteiger partial charge in [-0.2, -0.15) is 5.10 Å². The highest BCUT2D eigenvalue weighted by molar-refractivity contribution is 7.16. The Labute approximate surface area is 222 Å². The highest BCUT2D eigenvalue weighted by Crippen LogP contribution is 2.28. The molecule has 0 radical (unpaired) electrons. The Morgan fingerprint density at radius 2 is 1.97 bits per heavy atom. The smallest absolute Gasteiger partial charge is 0.310 e. The zero-order valence-electron chi connectivity index (χ0n) is 22.2. The number of nitrogens with zero attached hydrogens (tertiary/aromatic N) is 5. The van der Waals surface area contributed by atoms with Gasteiger partial charge in [-0.25, -0.2) is 9.67 Å². The minimum Gasteiger partial charge on any atom is -0.378 e. The number of ether oxygens (including phenoxy) is 2. The highest BCUT2D eigenvalue weighted by Gasteiger charge is 2.26. The van der Waals surface area contributed by atoms with Gasteiger partial charge in [0.05, 0.1) is 33.9 Å². The zero-order chi connectivity index (χ0) is 26.2. The van der Waals surface area contributed by atoms with Gasteiger partial charge in [0.1, 0.15) is 6.73 Å². The van der Waals surface area contributed by atoms with Crippen molar-refractivity contribution in [2.75, 3.05) is 31.7 Å². The van der Waals surface area contributed by atoms with E-state index in [1.165, 1.54) is 11.3 Å². The molecule has 0 amide bonds. The second kappa shape index (κ2) is 10.5. The van der Waals surface area contributed by atoms with E-state index in [0.29, 0.717) is 19.4 Å². The van der Waals surface area contributed by atoms with E-state index in [4.69, 9.17) is 14.6 Å². The maximum atomic E-state index is 12.6. The molecule has 5 rings (SSSR count). The summed E-state index contributed by atoms with van der Waals surface area (Å²) in [6, 6.07) is 13.4. The molecule has 1 aromatic carbocycles. The molecule has 0 spiro atoms. The van der Waals surface area contributed by atoms with Gasteiger partial charge in [-0.05, 0) is 41.9 Å². The summed E-state index contributed by atoms with van der Waals surface area (Å²) in [5.74, 6) is 0.863. The number of rotatable bonds is 10. The lowest BCUT2D eigenvalue weighted by molar-refractivity contribution is 0.0787. The van der Waals surface area contributed by atoms with E-state index in [0.717, 1.165) is 52.1 Å². The number of anilines is 1. The Kier molecular flexibility index (Phi) is 7.35. The summed E-state index contributed by atoms with van der Waals surface area (Å²) in [6.45, 7) is 11.9. The van der Waals surface area contributed by atoms with Crippen LogP contribution in [0.25, 0.3) is 16.0 Å². The lowest BCUT2D eigenvalue weighted by atomic mass is 9.98. The molecule has 1 unspecified atom stereocenters. The molecule has 1 fully saturated rings. The molecular weight excluding hydrogens is 502 g/mol. The molecule has 37 heavy (non-hydrogen) atoms. The fourth-order valence-electron chi connectivity index (χ4n) is 4.37. The van der Waals surface area contributed by atoms with Gasteiger partial charge in [0.2, 0.25) is 0 Å². The predicted octanol–water partition coefficient (Wildman–Crippen LogP) is 4.94. The molecule has 4 aromatic rings. The molecule has 0 aliphatic carbocycles. The standard InChI is InChI=1S/C27H35N5O3SSi/c1-19(20-6-8-24-25(14-20)36-27(33)31(24)18-35-12-13-37(3,4)5)23-10-11-32(29-23)26-9-7-21(15-28-26)30-16-22(17-30)34-2/h6-11,14-15,19,22H,12-13,16-18H2,1-5H3. The van der Waals surface area contributed by atoms with E-state index in [1.54, 1.807) is 11.7 Å². The number of fused-ring (bicyclic) bond motifs is 1. The van der Waals surface area contributed by atoms with Crippen LogP contribution in [-0.2, 0) is 16.2 Å². The van der Waals surface area contributed by atoms with Crippen LogP contribution < -0.4 is 9.77 Å². The van der Waals surface area contributed by atoms with Crippen molar-refractivity contribution in [1.29, 1.82) is 0 Å². The van der Waals surface area contributed by atoms with Gasteiger partial charge in [0.25, 0.3) is 0 Å². The third-order valence-electron chi connectivity index (χ3n) is 6.98. The molecule has 0 bridgehead atoms. The molecule has 3 aromatic heterocycles. The molecule has 1 atom stereocenters. The number of benzene rings is 1. The van der Waals surface area contributed by atoms with E-state index < -0.39 is 8.07 Å². The lowest BCUT2D eigenvalue weighted by Gasteiger charge is -2.39. The highest BCUT2D eigenvalue weighted by atomic mass is 32.1. The fourth-order valence-corrected chi connectivity index (χ4v) is 6.06. The molecule has 196 valence electrons. The van der Waals surface area contributed by atoms with Crippen LogP contribution in [0.3, 0.4) is 0 Å². The van der Waals surface area contributed by atoms with Gasteiger partial charge in [-0.3, -0.25) is 9.36 Å². The molecule has 0 saturated carbocycles. The summed E-state index contributed by atoms with van der Waals surface area (Å²) in [5.41, 5.74) is 4.10. The molecule has 0 N–H and O–H groups in total. The van der Waals surface area contributed by atoms with Crippen molar-refractivity contribution in [1.82, 2.24) is 19.3 Å². The second-order valence-electron chi connectivity index (χ2n) is 10.9. The van der Waals surface area contributed by atoms with E-state index in [2.05, 4.69) is 54.6 Å². The van der Waals surface area contributed by atoms with Gasteiger partial charge < -0.3 is 14.4 Å². The van der Waals surface area contributed by atoms with Gasteiger partial charge >= 0.3 is 4.87 Å². The van der Waals surface area contributed by atoms with Crippen molar-refractivity contribution >= 4 is 35.3 Å². The predicted molar refractivity (Wildman–Crippen MR) is 152 cm³/mol. The first-order chi connectivity index (χ1) is 17.7. The average Bonchev–Trinajstić information content (AvgIpc) is 3.45. The molecule has 8 nitrogen and oxygen atoms in total. The van der Waals surface area contributed by atoms with Crippen LogP contribution in [0.4, 0.5) is 5.69 Å². The summed E-state index contributed by atoms with van der Waals surface area (Å²) in [5, 5.41) is 4.80. The normalized spacial score (nSPS) is 15.3. The van der Waals surface area contributed by atoms with Crippen molar-refractivity contribution in [3.8, 4) is 5.82 Å². The van der Waals surface area contributed by atoms with E-state index >= 15 is 0 Å². The third-order valence-corrected chi connectivity index (χ3v) is 9.62. The topological polar surface area (TPSA) is 74.4 Å². The summed E-state index contributed by atoms with van der Waals surface area (Å²) >= 11 is 1.27. The van der Waals surface area contributed by atoms with Crippen molar-refractivity contribution in [3.05, 3.63) is 69.7 Å². The minimum absolute atomic E-state index is 0.0163. The molecular formula is C27H35N5O3SSi. The number of methoxy groups -OCH3 is 1. The second-order valence-corrected chi connectivity index (χ2v) is 17.5. The van der Waals surface area contributed by atoms with Crippen molar-refractivity contribution < 1.29 is 9.47 Å². The zero-order valence-corrected chi connectivity index (χ0v) is 24.0. The van der Waals surface area contributed by atoms with E-state index in [-0.39, 0.29) is 10.8 Å². The first-order valence-electron chi connectivity index (χ1n) is 12.7. The van der Waals surface area contributed by atoms with Gasteiger partial charge in [0, 0.05) is 47.0 Å². The molecule has 10 heteroatoms. The van der Waals surface area contributed by atoms with Crippen molar-refractivity contribution in [3.63, 3.8) is 0 Å². The van der Waals surface area contributed by atoms with Crippen LogP contribution in [0.15, 0.2) is 53.6 Å². The summed E-state index contributed by atoms with van der Waals surface area (Å²) in [4.78, 5) is 19.5. The van der Waals surface area contributed by atoms with Crippen molar-refractivity contribution in [2.45, 2.75) is 51.4 Å². The first kappa shape index (κ1) is 25.8. The number of thiazole rings is 1. The van der Waals surface area contributed by atoms with Gasteiger partial charge in [-0.1, -0.05) is 44.0 Å². The lowest BCUT2D eigenvalue weighted by Crippen LogP contribution is -2.51. The Bertz CT molecular complexity index is 1420. The molecule has 4 heterocycles. The van der Waals surface area contributed by atoms with Crippen LogP contribution >= 0.6 is 11.3 Å². The molecule has 1 aliphatic heterocycles. The number of aromatic nitrogens is 4. The van der Waals surface area contributed by atoms with E-state index in [9.17, 15) is 4.79 Å². The first-order valence-corrected chi connectivity index (χ1v) is 17.2. The quantitative estimate of drug-likeness (QED) is 0.211. The molecule has 1 saturated heterocycles. The molecule has 1 aliphatic rings. The number of hydrogen-bond acceptors (Lipinski definition) is 7. The SMILES string of the molecule is COC1CN(c2ccc(-n3ccc(C(C)c4ccc5c(c4)sc(=O)n5COCC[Si](C)(C)C)n3)nc2)C1. The average molecular weight is 538 g/mol. The van der Waals surface area contributed by atoms with Crippen molar-refractivity contribution in [2.24, 2.45) is 0 Å². The third kappa shape index (κ3) is 5.72. The van der Waals surface area contributed by atoms with Gasteiger partial charge in [-0.15, -0.1) is 0 Å².